The summed E-state index contributed by atoms with van der Waals surface area (Å²) in [6, 6.07) is 16.9. The Morgan fingerprint density at radius 3 is 2.50 bits per heavy atom. The minimum atomic E-state index is -0.222. The molecule has 28 heavy (non-hydrogen) atoms. The molecule has 1 fully saturated rings. The van der Waals surface area contributed by atoms with Crippen LogP contribution in [0.15, 0.2) is 54.6 Å². The molecule has 2 unspecified atom stereocenters. The number of amides is 2. The van der Waals surface area contributed by atoms with Gasteiger partial charge in [-0.25, -0.2) is 0 Å². The summed E-state index contributed by atoms with van der Waals surface area (Å²) in [6.45, 7) is 2.53. The summed E-state index contributed by atoms with van der Waals surface area (Å²) in [5.41, 5.74) is 1.45. The van der Waals surface area contributed by atoms with Gasteiger partial charge in [0.25, 0.3) is 11.8 Å². The lowest BCUT2D eigenvalue weighted by atomic mass is 9.86. The molecule has 0 spiro atoms. The van der Waals surface area contributed by atoms with Gasteiger partial charge in [-0.15, -0.1) is 0 Å². The molecule has 1 saturated carbocycles. The van der Waals surface area contributed by atoms with Crippen molar-refractivity contribution in [2.45, 2.75) is 45.2 Å². The van der Waals surface area contributed by atoms with Crippen molar-refractivity contribution in [1.29, 1.82) is 0 Å². The van der Waals surface area contributed by atoms with Crippen LogP contribution in [0.25, 0.3) is 0 Å². The van der Waals surface area contributed by atoms with E-state index < -0.39 is 0 Å². The zero-order chi connectivity index (χ0) is 19.8. The molecule has 0 aromatic heterocycles. The summed E-state index contributed by atoms with van der Waals surface area (Å²) in [5, 5.41) is 5.97. The molecule has 0 radical (unpaired) electrons. The van der Waals surface area contributed by atoms with Crippen LogP contribution in [0.3, 0.4) is 0 Å². The summed E-state index contributed by atoms with van der Waals surface area (Å²) >= 11 is 0. The Morgan fingerprint density at radius 1 is 1.00 bits per heavy atom. The van der Waals surface area contributed by atoms with Gasteiger partial charge < -0.3 is 15.4 Å². The third-order valence-electron chi connectivity index (χ3n) is 5.24. The van der Waals surface area contributed by atoms with E-state index in [9.17, 15) is 9.59 Å². The highest BCUT2D eigenvalue weighted by atomic mass is 16.5. The van der Waals surface area contributed by atoms with E-state index >= 15 is 0 Å². The van der Waals surface area contributed by atoms with E-state index in [1.54, 1.807) is 24.3 Å². The normalized spacial score (nSPS) is 18.9. The number of hydrogen-bond acceptors (Lipinski definition) is 3. The molecule has 1 aliphatic rings. The van der Waals surface area contributed by atoms with Crippen molar-refractivity contribution in [2.24, 2.45) is 5.92 Å². The molecular formula is C23H28N2O3. The maximum absolute atomic E-state index is 12.6. The van der Waals surface area contributed by atoms with Crippen LogP contribution in [0.4, 0.5) is 0 Å². The number of rotatable bonds is 7. The van der Waals surface area contributed by atoms with Gasteiger partial charge in [-0.1, -0.05) is 62.2 Å². The maximum Gasteiger partial charge on any atom is 0.258 e. The van der Waals surface area contributed by atoms with Crippen LogP contribution in [0.5, 0.6) is 5.75 Å². The van der Waals surface area contributed by atoms with Crippen LogP contribution in [-0.4, -0.2) is 24.5 Å². The summed E-state index contributed by atoms with van der Waals surface area (Å²) in [7, 11) is 0. The van der Waals surface area contributed by atoms with Gasteiger partial charge in [-0.05, 0) is 36.5 Å². The molecule has 5 nitrogen and oxygen atoms in total. The number of benzene rings is 2. The fraction of sp³-hybridized carbons (Fsp3) is 0.391. The first-order valence-electron chi connectivity index (χ1n) is 9.97. The molecule has 2 amide bonds. The second-order valence-corrected chi connectivity index (χ2v) is 7.39. The fourth-order valence-electron chi connectivity index (χ4n) is 3.58. The average Bonchev–Trinajstić information content (AvgIpc) is 2.73. The molecular weight excluding hydrogens is 352 g/mol. The summed E-state index contributed by atoms with van der Waals surface area (Å²) in [5.74, 6) is 0.549. The molecule has 0 saturated heterocycles. The van der Waals surface area contributed by atoms with Crippen LogP contribution in [0, 0.1) is 5.92 Å². The van der Waals surface area contributed by atoms with E-state index in [4.69, 9.17) is 4.74 Å². The van der Waals surface area contributed by atoms with Gasteiger partial charge in [0.1, 0.15) is 5.75 Å². The third-order valence-corrected chi connectivity index (χ3v) is 5.24. The summed E-state index contributed by atoms with van der Waals surface area (Å²) < 4.78 is 5.68. The molecule has 5 heteroatoms. The van der Waals surface area contributed by atoms with E-state index in [2.05, 4.69) is 17.6 Å². The van der Waals surface area contributed by atoms with Crippen LogP contribution in [-0.2, 0) is 11.3 Å². The molecule has 3 rings (SSSR count). The van der Waals surface area contributed by atoms with Crippen molar-refractivity contribution in [3.05, 3.63) is 65.7 Å². The second kappa shape index (κ2) is 9.93. The number of carbonyl (C=O) groups is 2. The van der Waals surface area contributed by atoms with Crippen molar-refractivity contribution < 1.29 is 14.3 Å². The Labute approximate surface area is 166 Å². The lowest BCUT2D eigenvalue weighted by Gasteiger charge is -2.29. The average molecular weight is 380 g/mol. The predicted molar refractivity (Wildman–Crippen MR) is 109 cm³/mol. The zero-order valence-electron chi connectivity index (χ0n) is 16.3. The second-order valence-electron chi connectivity index (χ2n) is 7.39. The van der Waals surface area contributed by atoms with E-state index in [-0.39, 0.29) is 24.5 Å². The Balaban J connectivity index is 1.54. The van der Waals surface area contributed by atoms with Crippen molar-refractivity contribution >= 4 is 11.8 Å². The number of para-hydroxylation sites is 1. The monoisotopic (exact) mass is 380 g/mol. The first-order chi connectivity index (χ1) is 13.6. The van der Waals surface area contributed by atoms with Gasteiger partial charge in [0.2, 0.25) is 0 Å². The predicted octanol–water partition coefficient (Wildman–Crippen LogP) is 3.69. The van der Waals surface area contributed by atoms with Gasteiger partial charge in [0, 0.05) is 12.6 Å². The fourth-order valence-corrected chi connectivity index (χ4v) is 3.58. The first kappa shape index (κ1) is 19.9. The number of carbonyl (C=O) groups excluding carboxylic acids is 2. The van der Waals surface area contributed by atoms with Gasteiger partial charge >= 0.3 is 0 Å². The third kappa shape index (κ3) is 5.59. The molecule has 148 valence electrons. The quantitative estimate of drug-likeness (QED) is 0.770. The highest BCUT2D eigenvalue weighted by molar-refractivity contribution is 5.97. The Bertz CT molecular complexity index is 791. The van der Waals surface area contributed by atoms with E-state index in [0.29, 0.717) is 23.8 Å². The Kier molecular flexibility index (Phi) is 7.06. The lowest BCUT2D eigenvalue weighted by Crippen LogP contribution is -2.43. The summed E-state index contributed by atoms with van der Waals surface area (Å²) in [4.78, 5) is 24.8. The first-order valence-corrected chi connectivity index (χ1v) is 9.97. The standard InChI is InChI=1S/C23H28N2O3/c1-17-9-5-7-13-20(17)25-22(26)16-28-21-14-8-6-12-19(21)23(27)24-15-18-10-3-2-4-11-18/h2-4,6,8,10-12,14,17,20H,5,7,9,13,15-16H2,1H3,(H,24,27)(H,25,26). The number of ether oxygens (including phenoxy) is 1. The Morgan fingerprint density at radius 2 is 1.71 bits per heavy atom. The molecule has 1 aliphatic carbocycles. The van der Waals surface area contributed by atoms with Crippen molar-refractivity contribution in [3.63, 3.8) is 0 Å². The van der Waals surface area contributed by atoms with E-state index in [0.717, 1.165) is 24.8 Å². The van der Waals surface area contributed by atoms with Gasteiger partial charge in [-0.2, -0.15) is 0 Å². The van der Waals surface area contributed by atoms with E-state index in [1.807, 2.05) is 30.3 Å². The highest BCUT2D eigenvalue weighted by Gasteiger charge is 2.23. The minimum absolute atomic E-state index is 0.0911. The highest BCUT2D eigenvalue weighted by Crippen LogP contribution is 2.23. The molecule has 0 bridgehead atoms. The van der Waals surface area contributed by atoms with Gasteiger partial charge in [-0.3, -0.25) is 9.59 Å². The zero-order valence-corrected chi connectivity index (χ0v) is 16.3. The SMILES string of the molecule is CC1CCCCC1NC(=O)COc1ccccc1C(=O)NCc1ccccc1. The maximum atomic E-state index is 12.6. The van der Waals surface area contributed by atoms with E-state index in [1.165, 1.54) is 6.42 Å². The largest absolute Gasteiger partial charge is 0.483 e. The van der Waals surface area contributed by atoms with Crippen molar-refractivity contribution in [3.8, 4) is 5.75 Å². The van der Waals surface area contributed by atoms with Crippen molar-refractivity contribution in [1.82, 2.24) is 10.6 Å². The summed E-state index contributed by atoms with van der Waals surface area (Å²) in [6.07, 6.45) is 4.55. The van der Waals surface area contributed by atoms with Gasteiger partial charge in [0.15, 0.2) is 6.61 Å². The van der Waals surface area contributed by atoms with Crippen LogP contribution >= 0.6 is 0 Å². The lowest BCUT2D eigenvalue weighted by molar-refractivity contribution is -0.124. The van der Waals surface area contributed by atoms with Crippen LogP contribution in [0.1, 0.15) is 48.5 Å². The molecule has 2 N–H and O–H groups in total. The minimum Gasteiger partial charge on any atom is -0.483 e. The topological polar surface area (TPSA) is 67.4 Å². The van der Waals surface area contributed by atoms with Crippen LogP contribution < -0.4 is 15.4 Å². The van der Waals surface area contributed by atoms with Gasteiger partial charge in [0.05, 0.1) is 5.56 Å². The molecule has 0 heterocycles. The van der Waals surface area contributed by atoms with Crippen LogP contribution in [0.2, 0.25) is 0 Å². The molecule has 2 aromatic rings. The van der Waals surface area contributed by atoms with Crippen molar-refractivity contribution in [2.75, 3.05) is 6.61 Å². The number of nitrogens with one attached hydrogen (secondary N) is 2. The molecule has 2 aromatic carbocycles. The molecule has 0 aliphatic heterocycles. The smallest absolute Gasteiger partial charge is 0.258 e. The Hall–Kier alpha value is -2.82. The number of hydrogen-bond donors (Lipinski definition) is 2. The molecule has 2 atom stereocenters.